The van der Waals surface area contributed by atoms with E-state index in [0.29, 0.717) is 28.6 Å². The largest absolute Gasteiger partial charge is 0.496 e. The molecule has 0 atom stereocenters. The van der Waals surface area contributed by atoms with Crippen LogP contribution in [0, 0.1) is 0 Å². The highest BCUT2D eigenvalue weighted by Gasteiger charge is 2.20. The summed E-state index contributed by atoms with van der Waals surface area (Å²) in [7, 11) is 1.47. The maximum atomic E-state index is 12.7. The number of esters is 1. The molecule has 3 aromatic rings. The summed E-state index contributed by atoms with van der Waals surface area (Å²) in [5, 5.41) is 5.01. The van der Waals surface area contributed by atoms with E-state index in [-0.39, 0.29) is 17.0 Å². The number of aromatic nitrogens is 2. The average molecular weight is 394 g/mol. The van der Waals surface area contributed by atoms with Gasteiger partial charge >= 0.3 is 5.97 Å². The van der Waals surface area contributed by atoms with Gasteiger partial charge in [-0.15, -0.1) is 0 Å². The summed E-state index contributed by atoms with van der Waals surface area (Å²) < 4.78 is 11.7. The smallest absolute Gasteiger partial charge is 0.359 e. The van der Waals surface area contributed by atoms with E-state index in [1.807, 2.05) is 6.92 Å². The Bertz CT molecular complexity index is 1100. The van der Waals surface area contributed by atoms with Gasteiger partial charge in [0, 0.05) is 11.9 Å². The predicted molar refractivity (Wildman–Crippen MR) is 109 cm³/mol. The van der Waals surface area contributed by atoms with E-state index >= 15 is 0 Å². The third kappa shape index (κ3) is 4.34. The van der Waals surface area contributed by atoms with Crippen LogP contribution in [-0.4, -0.2) is 35.2 Å². The van der Waals surface area contributed by atoms with Crippen LogP contribution in [-0.2, 0) is 11.3 Å². The average Bonchev–Trinajstić information content (AvgIpc) is 2.76. The van der Waals surface area contributed by atoms with Gasteiger partial charge in [0.2, 0.25) is 5.78 Å². The highest BCUT2D eigenvalue weighted by atomic mass is 16.5. The second-order valence-corrected chi connectivity index (χ2v) is 6.48. The van der Waals surface area contributed by atoms with Crippen LogP contribution in [0.4, 0.5) is 0 Å². The predicted octanol–water partition coefficient (Wildman–Crippen LogP) is 3.24. The number of Topliss-reactive ketones (excluding diaryl/α,β-unsaturated/α-hetero) is 1. The van der Waals surface area contributed by atoms with E-state index in [1.54, 1.807) is 48.5 Å². The molecule has 0 saturated carbocycles. The van der Waals surface area contributed by atoms with Crippen molar-refractivity contribution in [1.82, 2.24) is 9.78 Å². The minimum Gasteiger partial charge on any atom is -0.496 e. The molecule has 0 aliphatic carbocycles. The van der Waals surface area contributed by atoms with Gasteiger partial charge < -0.3 is 9.47 Å². The topological polar surface area (TPSA) is 87.5 Å². The standard InChI is InChI=1S/C22H22N2O5/c1-3-4-13-24-21(26)16-10-6-5-9-15(16)20(23-24)22(27)29-14-18(25)17-11-7-8-12-19(17)28-2/h5-12H,3-4,13-14H2,1-2H3. The molecular formula is C22H22N2O5. The summed E-state index contributed by atoms with van der Waals surface area (Å²) in [6.45, 7) is 1.95. The number of nitrogens with zero attached hydrogens (tertiary/aromatic N) is 2. The lowest BCUT2D eigenvalue weighted by molar-refractivity contribution is 0.0467. The molecule has 2 aromatic carbocycles. The molecule has 0 N–H and O–H groups in total. The van der Waals surface area contributed by atoms with Crippen molar-refractivity contribution in [2.75, 3.05) is 13.7 Å². The zero-order valence-electron chi connectivity index (χ0n) is 16.4. The minimum atomic E-state index is -0.755. The van der Waals surface area contributed by atoms with E-state index in [4.69, 9.17) is 9.47 Å². The van der Waals surface area contributed by atoms with Crippen molar-refractivity contribution in [2.45, 2.75) is 26.3 Å². The molecule has 0 aliphatic rings. The Labute approximate surface area is 167 Å². The number of ketones is 1. The number of methoxy groups -OCH3 is 1. The summed E-state index contributed by atoms with van der Waals surface area (Å²) in [6.07, 6.45) is 1.64. The fourth-order valence-corrected chi connectivity index (χ4v) is 3.00. The van der Waals surface area contributed by atoms with Crippen LogP contribution in [0.15, 0.2) is 53.3 Å². The fraction of sp³-hybridized carbons (Fsp3) is 0.273. The van der Waals surface area contributed by atoms with E-state index in [9.17, 15) is 14.4 Å². The van der Waals surface area contributed by atoms with Crippen LogP contribution in [0.25, 0.3) is 10.8 Å². The van der Waals surface area contributed by atoms with Crippen molar-refractivity contribution in [1.29, 1.82) is 0 Å². The first-order valence-corrected chi connectivity index (χ1v) is 9.40. The number of aryl methyl sites for hydroxylation is 1. The number of unbranched alkanes of at least 4 members (excludes halogenated alkanes) is 1. The quantitative estimate of drug-likeness (QED) is 0.431. The number of hydrogen-bond donors (Lipinski definition) is 0. The number of hydrogen-bond acceptors (Lipinski definition) is 6. The van der Waals surface area contributed by atoms with Gasteiger partial charge in [-0.2, -0.15) is 5.10 Å². The highest BCUT2D eigenvalue weighted by Crippen LogP contribution is 2.19. The lowest BCUT2D eigenvalue weighted by atomic mass is 10.1. The zero-order chi connectivity index (χ0) is 20.8. The molecule has 7 nitrogen and oxygen atoms in total. The van der Waals surface area contributed by atoms with E-state index in [1.165, 1.54) is 11.8 Å². The molecule has 3 rings (SSSR count). The number of para-hydroxylation sites is 1. The van der Waals surface area contributed by atoms with E-state index in [2.05, 4.69) is 5.10 Å². The molecule has 0 fully saturated rings. The Morgan fingerprint density at radius 3 is 2.45 bits per heavy atom. The monoisotopic (exact) mass is 394 g/mol. The van der Waals surface area contributed by atoms with Crippen molar-refractivity contribution in [2.24, 2.45) is 0 Å². The second-order valence-electron chi connectivity index (χ2n) is 6.48. The molecule has 0 radical (unpaired) electrons. The van der Waals surface area contributed by atoms with Crippen LogP contribution in [0.2, 0.25) is 0 Å². The van der Waals surface area contributed by atoms with Gasteiger partial charge in [-0.3, -0.25) is 9.59 Å². The van der Waals surface area contributed by atoms with Crippen LogP contribution >= 0.6 is 0 Å². The summed E-state index contributed by atoms with van der Waals surface area (Å²) in [5.41, 5.74) is 0.0911. The molecule has 0 amide bonds. The first-order valence-electron chi connectivity index (χ1n) is 9.40. The number of benzene rings is 2. The Kier molecular flexibility index (Phi) is 6.39. The molecule has 0 aliphatic heterocycles. The van der Waals surface area contributed by atoms with Crippen LogP contribution in [0.1, 0.15) is 40.6 Å². The molecule has 0 saturated heterocycles. The number of rotatable bonds is 8. The summed E-state index contributed by atoms with van der Waals surface area (Å²) in [4.78, 5) is 37.8. The van der Waals surface area contributed by atoms with E-state index < -0.39 is 12.6 Å². The number of carbonyl (C=O) groups excluding carboxylic acids is 2. The SMILES string of the molecule is CCCCn1nc(C(=O)OCC(=O)c2ccccc2OC)c2ccccc2c1=O. The zero-order valence-corrected chi connectivity index (χ0v) is 16.4. The summed E-state index contributed by atoms with van der Waals surface area (Å²) >= 11 is 0. The highest BCUT2D eigenvalue weighted by molar-refractivity contribution is 6.04. The molecule has 7 heteroatoms. The Balaban J connectivity index is 1.88. The Hall–Kier alpha value is -3.48. The third-order valence-corrected chi connectivity index (χ3v) is 4.53. The fourth-order valence-electron chi connectivity index (χ4n) is 3.00. The van der Waals surface area contributed by atoms with Gasteiger partial charge in [0.25, 0.3) is 5.56 Å². The maximum Gasteiger partial charge on any atom is 0.359 e. The lowest BCUT2D eigenvalue weighted by Gasteiger charge is -2.11. The van der Waals surface area contributed by atoms with Gasteiger partial charge in [0.05, 0.1) is 18.1 Å². The number of fused-ring (bicyclic) bond motifs is 1. The minimum absolute atomic E-state index is 0.0177. The van der Waals surface area contributed by atoms with Crippen molar-refractivity contribution in [3.8, 4) is 5.75 Å². The lowest BCUT2D eigenvalue weighted by Crippen LogP contribution is -2.27. The molecule has 29 heavy (non-hydrogen) atoms. The van der Waals surface area contributed by atoms with Crippen LogP contribution in [0.3, 0.4) is 0 Å². The van der Waals surface area contributed by atoms with Gasteiger partial charge in [0.1, 0.15) is 5.75 Å². The third-order valence-electron chi connectivity index (χ3n) is 4.53. The first kappa shape index (κ1) is 20.3. The molecule has 1 heterocycles. The van der Waals surface area contributed by atoms with Crippen molar-refractivity contribution >= 4 is 22.5 Å². The molecule has 0 unspecified atom stereocenters. The number of ether oxygens (including phenoxy) is 2. The summed E-state index contributed by atoms with van der Waals surface area (Å²) in [5.74, 6) is -0.737. The summed E-state index contributed by atoms with van der Waals surface area (Å²) in [6, 6.07) is 13.5. The van der Waals surface area contributed by atoms with Crippen LogP contribution in [0.5, 0.6) is 5.75 Å². The Morgan fingerprint density at radius 2 is 1.72 bits per heavy atom. The molecule has 150 valence electrons. The van der Waals surface area contributed by atoms with E-state index in [0.717, 1.165) is 12.8 Å². The van der Waals surface area contributed by atoms with Gasteiger partial charge in [0.15, 0.2) is 12.3 Å². The molecule has 0 bridgehead atoms. The molecular weight excluding hydrogens is 372 g/mol. The Morgan fingerprint density at radius 1 is 1.03 bits per heavy atom. The molecule has 0 spiro atoms. The molecule has 1 aromatic heterocycles. The second kappa shape index (κ2) is 9.14. The normalized spacial score (nSPS) is 10.7. The number of carbonyl (C=O) groups is 2. The maximum absolute atomic E-state index is 12.7. The van der Waals surface area contributed by atoms with Crippen LogP contribution < -0.4 is 10.3 Å². The first-order chi connectivity index (χ1) is 14.1. The van der Waals surface area contributed by atoms with Crippen molar-refractivity contribution in [3.05, 3.63) is 70.1 Å². The van der Waals surface area contributed by atoms with Gasteiger partial charge in [-0.1, -0.05) is 43.7 Å². The van der Waals surface area contributed by atoms with Gasteiger partial charge in [-0.05, 0) is 24.6 Å². The van der Waals surface area contributed by atoms with Crippen molar-refractivity contribution < 1.29 is 19.1 Å². The van der Waals surface area contributed by atoms with Crippen molar-refractivity contribution in [3.63, 3.8) is 0 Å². The van der Waals surface area contributed by atoms with Gasteiger partial charge in [-0.25, -0.2) is 9.48 Å².